The summed E-state index contributed by atoms with van der Waals surface area (Å²) in [7, 11) is 0. The molecule has 0 aliphatic carbocycles. The number of benzene rings is 1. The Balaban J connectivity index is 2.80. The highest BCUT2D eigenvalue weighted by atomic mass is 16.1. The SMILES string of the molecule is CCc1ccc2c(=O)cc[nH]c2c1. The summed E-state index contributed by atoms with van der Waals surface area (Å²) >= 11 is 0. The minimum absolute atomic E-state index is 0.0800. The third-order valence-electron chi connectivity index (χ3n) is 2.23. The molecule has 0 amide bonds. The van der Waals surface area contributed by atoms with Crippen LogP contribution in [0.2, 0.25) is 0 Å². The van der Waals surface area contributed by atoms with E-state index >= 15 is 0 Å². The van der Waals surface area contributed by atoms with Crippen molar-refractivity contribution in [2.75, 3.05) is 0 Å². The van der Waals surface area contributed by atoms with Gasteiger partial charge in [-0.2, -0.15) is 0 Å². The van der Waals surface area contributed by atoms with Crippen molar-refractivity contribution in [1.82, 2.24) is 4.98 Å². The average Bonchev–Trinajstić information content (AvgIpc) is 2.18. The van der Waals surface area contributed by atoms with Crippen LogP contribution >= 0.6 is 0 Å². The number of aryl methyl sites for hydroxylation is 1. The predicted octanol–water partition coefficient (Wildman–Crippen LogP) is 2.09. The number of aromatic amines is 1. The molecule has 1 heterocycles. The van der Waals surface area contributed by atoms with Crippen molar-refractivity contribution in [3.8, 4) is 0 Å². The first kappa shape index (κ1) is 8.05. The summed E-state index contributed by atoms with van der Waals surface area (Å²) in [6, 6.07) is 7.45. The first-order chi connectivity index (χ1) is 6.31. The van der Waals surface area contributed by atoms with Gasteiger partial charge in [-0.1, -0.05) is 13.0 Å². The van der Waals surface area contributed by atoms with Gasteiger partial charge in [-0.05, 0) is 24.1 Å². The molecule has 2 nitrogen and oxygen atoms in total. The molecule has 2 heteroatoms. The Kier molecular flexibility index (Phi) is 1.89. The quantitative estimate of drug-likeness (QED) is 0.703. The number of H-pyrrole nitrogens is 1. The van der Waals surface area contributed by atoms with Crippen molar-refractivity contribution in [2.45, 2.75) is 13.3 Å². The van der Waals surface area contributed by atoms with Gasteiger partial charge in [-0.3, -0.25) is 4.79 Å². The zero-order valence-electron chi connectivity index (χ0n) is 7.50. The first-order valence-electron chi connectivity index (χ1n) is 4.41. The molecule has 0 aliphatic heterocycles. The van der Waals surface area contributed by atoms with Crippen LogP contribution in [0.1, 0.15) is 12.5 Å². The molecule has 0 saturated carbocycles. The summed E-state index contributed by atoms with van der Waals surface area (Å²) < 4.78 is 0. The third-order valence-corrected chi connectivity index (χ3v) is 2.23. The second-order valence-electron chi connectivity index (χ2n) is 3.08. The van der Waals surface area contributed by atoms with Crippen LogP contribution in [-0.4, -0.2) is 4.98 Å². The van der Waals surface area contributed by atoms with Crippen molar-refractivity contribution < 1.29 is 0 Å². The summed E-state index contributed by atoms with van der Waals surface area (Å²) in [5.41, 5.74) is 2.25. The summed E-state index contributed by atoms with van der Waals surface area (Å²) in [6.07, 6.45) is 2.68. The van der Waals surface area contributed by atoms with E-state index in [-0.39, 0.29) is 5.43 Å². The van der Waals surface area contributed by atoms with Gasteiger partial charge in [0.25, 0.3) is 0 Å². The maximum absolute atomic E-state index is 11.4. The van der Waals surface area contributed by atoms with E-state index in [0.29, 0.717) is 0 Å². The number of hydrogen-bond acceptors (Lipinski definition) is 1. The lowest BCUT2D eigenvalue weighted by Gasteiger charge is -1.99. The molecule has 0 saturated heterocycles. The van der Waals surface area contributed by atoms with E-state index < -0.39 is 0 Å². The van der Waals surface area contributed by atoms with Crippen LogP contribution in [0, 0.1) is 0 Å². The summed E-state index contributed by atoms with van der Waals surface area (Å²) in [4.78, 5) is 14.4. The highest BCUT2D eigenvalue weighted by molar-refractivity contribution is 5.78. The number of aromatic nitrogens is 1. The van der Waals surface area contributed by atoms with Crippen molar-refractivity contribution >= 4 is 10.9 Å². The monoisotopic (exact) mass is 173 g/mol. The lowest BCUT2D eigenvalue weighted by atomic mass is 10.1. The van der Waals surface area contributed by atoms with Crippen LogP contribution in [0.4, 0.5) is 0 Å². The van der Waals surface area contributed by atoms with Gasteiger partial charge in [0.2, 0.25) is 0 Å². The molecule has 0 atom stereocenters. The average molecular weight is 173 g/mol. The predicted molar refractivity (Wildman–Crippen MR) is 53.9 cm³/mol. The molecule has 0 spiro atoms. The van der Waals surface area contributed by atoms with E-state index in [4.69, 9.17) is 0 Å². The smallest absolute Gasteiger partial charge is 0.189 e. The van der Waals surface area contributed by atoms with Crippen LogP contribution in [0.25, 0.3) is 10.9 Å². The Morgan fingerprint density at radius 2 is 2.15 bits per heavy atom. The van der Waals surface area contributed by atoms with Crippen LogP contribution in [0.15, 0.2) is 35.3 Å². The molecule has 0 unspecified atom stereocenters. The first-order valence-corrected chi connectivity index (χ1v) is 4.41. The van der Waals surface area contributed by atoms with Crippen LogP contribution in [0.5, 0.6) is 0 Å². The summed E-state index contributed by atoms with van der Waals surface area (Å²) in [5.74, 6) is 0. The molecule has 0 fully saturated rings. The minimum Gasteiger partial charge on any atom is -0.361 e. The standard InChI is InChI=1S/C11H11NO/c1-2-8-3-4-9-10(7-8)12-6-5-11(9)13/h3-7H,2H2,1H3,(H,12,13). The van der Waals surface area contributed by atoms with Gasteiger partial charge in [-0.25, -0.2) is 0 Å². The van der Waals surface area contributed by atoms with Crippen molar-refractivity contribution in [1.29, 1.82) is 0 Å². The Bertz CT molecular complexity index is 485. The molecule has 2 aromatic rings. The van der Waals surface area contributed by atoms with Crippen molar-refractivity contribution in [2.24, 2.45) is 0 Å². The molecule has 0 bridgehead atoms. The molecule has 1 N–H and O–H groups in total. The topological polar surface area (TPSA) is 32.9 Å². The molecule has 1 aromatic heterocycles. The van der Waals surface area contributed by atoms with Crippen molar-refractivity contribution in [3.63, 3.8) is 0 Å². The van der Waals surface area contributed by atoms with Crippen LogP contribution < -0.4 is 5.43 Å². The van der Waals surface area contributed by atoms with Gasteiger partial charge in [0.05, 0.1) is 0 Å². The highest BCUT2D eigenvalue weighted by Crippen LogP contribution is 2.09. The molecule has 66 valence electrons. The second-order valence-corrected chi connectivity index (χ2v) is 3.08. The molecular formula is C11H11NO. The summed E-state index contributed by atoms with van der Waals surface area (Å²) in [5, 5.41) is 0.764. The van der Waals surface area contributed by atoms with Gasteiger partial charge in [0, 0.05) is 23.2 Å². The number of rotatable bonds is 1. The number of nitrogens with one attached hydrogen (secondary N) is 1. The third kappa shape index (κ3) is 1.35. The lowest BCUT2D eigenvalue weighted by molar-refractivity contribution is 1.14. The van der Waals surface area contributed by atoms with E-state index in [1.165, 1.54) is 5.56 Å². The van der Waals surface area contributed by atoms with Gasteiger partial charge in [-0.15, -0.1) is 0 Å². The normalized spacial score (nSPS) is 10.5. The van der Waals surface area contributed by atoms with E-state index in [1.807, 2.05) is 18.2 Å². The molecule has 2 rings (SSSR count). The molecule has 0 aliphatic rings. The fourth-order valence-electron chi connectivity index (χ4n) is 1.44. The van der Waals surface area contributed by atoms with Gasteiger partial charge >= 0.3 is 0 Å². The van der Waals surface area contributed by atoms with Gasteiger partial charge in [0.1, 0.15) is 0 Å². The fourth-order valence-corrected chi connectivity index (χ4v) is 1.44. The zero-order valence-corrected chi connectivity index (χ0v) is 7.50. The largest absolute Gasteiger partial charge is 0.361 e. The van der Waals surface area contributed by atoms with Crippen molar-refractivity contribution in [3.05, 3.63) is 46.2 Å². The second kappa shape index (κ2) is 3.05. The lowest BCUT2D eigenvalue weighted by Crippen LogP contribution is -1.99. The molecule has 1 aromatic carbocycles. The number of pyridine rings is 1. The number of hydrogen-bond donors (Lipinski definition) is 1. The maximum Gasteiger partial charge on any atom is 0.189 e. The minimum atomic E-state index is 0.0800. The van der Waals surface area contributed by atoms with E-state index in [1.54, 1.807) is 12.3 Å². The van der Waals surface area contributed by atoms with Gasteiger partial charge < -0.3 is 4.98 Å². The highest BCUT2D eigenvalue weighted by Gasteiger charge is 1.97. The Morgan fingerprint density at radius 1 is 1.31 bits per heavy atom. The van der Waals surface area contributed by atoms with Crippen LogP contribution in [-0.2, 0) is 6.42 Å². The maximum atomic E-state index is 11.4. The number of fused-ring (bicyclic) bond motifs is 1. The zero-order chi connectivity index (χ0) is 9.26. The van der Waals surface area contributed by atoms with E-state index in [9.17, 15) is 4.79 Å². The van der Waals surface area contributed by atoms with Gasteiger partial charge in [0.15, 0.2) is 5.43 Å². The fraction of sp³-hybridized carbons (Fsp3) is 0.182. The molecular weight excluding hydrogens is 162 g/mol. The summed E-state index contributed by atoms with van der Waals surface area (Å²) in [6.45, 7) is 2.10. The molecule has 13 heavy (non-hydrogen) atoms. The van der Waals surface area contributed by atoms with E-state index in [2.05, 4.69) is 11.9 Å². The Labute approximate surface area is 76.2 Å². The molecule has 0 radical (unpaired) electrons. The van der Waals surface area contributed by atoms with Crippen LogP contribution in [0.3, 0.4) is 0 Å². The Morgan fingerprint density at radius 3 is 2.92 bits per heavy atom. The Hall–Kier alpha value is -1.57. The van der Waals surface area contributed by atoms with E-state index in [0.717, 1.165) is 17.3 Å².